The molecule has 2 aromatic rings. The number of fused-ring (bicyclic) bond motifs is 1. The number of hydrogen-bond acceptors (Lipinski definition) is 6. The standard InChI is InChI=1S/C18H24N4O3S/c1-21(15-8-10-26(24,25)13-15)9-7-18(23)22(2)12-14-11-19-16-5-3-4-6-17(16)20-14/h3-6,11,15H,7-10,12-13H2,1-2H3. The predicted octanol–water partition coefficient (Wildman–Crippen LogP) is 1.10. The van der Waals surface area contributed by atoms with Crippen LogP contribution in [0.1, 0.15) is 18.5 Å². The number of benzene rings is 1. The molecule has 1 aliphatic rings. The highest BCUT2D eigenvalue weighted by molar-refractivity contribution is 7.91. The van der Waals surface area contributed by atoms with Gasteiger partial charge in [-0.25, -0.2) is 13.4 Å². The zero-order chi connectivity index (χ0) is 18.7. The third-order valence-corrected chi connectivity index (χ3v) is 6.58. The van der Waals surface area contributed by atoms with E-state index in [-0.39, 0.29) is 23.5 Å². The van der Waals surface area contributed by atoms with E-state index in [1.54, 1.807) is 18.1 Å². The van der Waals surface area contributed by atoms with Gasteiger partial charge >= 0.3 is 0 Å². The molecule has 1 aromatic carbocycles. The summed E-state index contributed by atoms with van der Waals surface area (Å²) < 4.78 is 23.1. The van der Waals surface area contributed by atoms with Crippen LogP contribution in [0.5, 0.6) is 0 Å². The monoisotopic (exact) mass is 376 g/mol. The highest BCUT2D eigenvalue weighted by Crippen LogP contribution is 2.17. The van der Waals surface area contributed by atoms with Crippen molar-refractivity contribution in [1.82, 2.24) is 19.8 Å². The Kier molecular flexibility index (Phi) is 5.52. The number of para-hydroxylation sites is 2. The van der Waals surface area contributed by atoms with Gasteiger partial charge in [0.1, 0.15) is 0 Å². The largest absolute Gasteiger partial charge is 0.340 e. The minimum absolute atomic E-state index is 0.00710. The summed E-state index contributed by atoms with van der Waals surface area (Å²) in [5, 5.41) is 0. The van der Waals surface area contributed by atoms with Crippen molar-refractivity contribution in [2.24, 2.45) is 0 Å². The van der Waals surface area contributed by atoms with Crippen molar-refractivity contribution < 1.29 is 13.2 Å². The highest BCUT2D eigenvalue weighted by atomic mass is 32.2. The summed E-state index contributed by atoms with van der Waals surface area (Å²) in [6.07, 6.45) is 2.70. The summed E-state index contributed by atoms with van der Waals surface area (Å²) in [4.78, 5) is 24.9. The summed E-state index contributed by atoms with van der Waals surface area (Å²) in [6, 6.07) is 7.65. The number of amides is 1. The Bertz CT molecular complexity index is 900. The van der Waals surface area contributed by atoms with E-state index in [0.29, 0.717) is 25.9 Å². The quantitative estimate of drug-likeness (QED) is 0.751. The average Bonchev–Trinajstić information content (AvgIpc) is 2.99. The zero-order valence-electron chi connectivity index (χ0n) is 15.1. The van der Waals surface area contributed by atoms with Crippen LogP contribution in [0.3, 0.4) is 0 Å². The fourth-order valence-electron chi connectivity index (χ4n) is 3.17. The Morgan fingerprint density at radius 3 is 2.65 bits per heavy atom. The first kappa shape index (κ1) is 18.7. The van der Waals surface area contributed by atoms with Crippen LogP contribution in [0.2, 0.25) is 0 Å². The van der Waals surface area contributed by atoms with Crippen LogP contribution < -0.4 is 0 Å². The van der Waals surface area contributed by atoms with Gasteiger partial charge in [-0.15, -0.1) is 0 Å². The van der Waals surface area contributed by atoms with E-state index >= 15 is 0 Å². The maximum absolute atomic E-state index is 12.4. The second-order valence-electron chi connectivity index (χ2n) is 6.89. The van der Waals surface area contributed by atoms with Gasteiger partial charge in [-0.3, -0.25) is 9.78 Å². The first-order valence-electron chi connectivity index (χ1n) is 8.69. The molecule has 1 unspecified atom stereocenters. The lowest BCUT2D eigenvalue weighted by atomic mass is 10.2. The van der Waals surface area contributed by atoms with Gasteiger partial charge in [0, 0.05) is 26.1 Å². The molecule has 1 aromatic heterocycles. The number of sulfone groups is 1. The number of nitrogens with zero attached hydrogens (tertiary/aromatic N) is 4. The number of rotatable bonds is 6. The Labute approximate surface area is 154 Å². The SMILES string of the molecule is CN(Cc1cnc2ccccc2n1)C(=O)CCN(C)C1CCS(=O)(=O)C1. The first-order chi connectivity index (χ1) is 12.3. The van der Waals surface area contributed by atoms with Gasteiger partial charge in [0.2, 0.25) is 5.91 Å². The molecule has 0 spiro atoms. The van der Waals surface area contributed by atoms with Crippen molar-refractivity contribution >= 4 is 26.8 Å². The Morgan fingerprint density at radius 1 is 1.23 bits per heavy atom. The molecule has 1 fully saturated rings. The van der Waals surface area contributed by atoms with Crippen LogP contribution in [0.15, 0.2) is 30.5 Å². The Balaban J connectivity index is 1.52. The van der Waals surface area contributed by atoms with Crippen LogP contribution >= 0.6 is 0 Å². The molecule has 8 heteroatoms. The van der Waals surface area contributed by atoms with E-state index in [0.717, 1.165) is 16.7 Å². The fraction of sp³-hybridized carbons (Fsp3) is 0.500. The highest BCUT2D eigenvalue weighted by Gasteiger charge is 2.30. The molecule has 7 nitrogen and oxygen atoms in total. The van der Waals surface area contributed by atoms with E-state index in [1.165, 1.54) is 0 Å². The number of aromatic nitrogens is 2. The normalized spacial score (nSPS) is 19.1. The molecule has 1 atom stereocenters. The molecule has 1 aliphatic heterocycles. The topological polar surface area (TPSA) is 83.5 Å². The van der Waals surface area contributed by atoms with Crippen molar-refractivity contribution in [1.29, 1.82) is 0 Å². The van der Waals surface area contributed by atoms with Crippen molar-refractivity contribution in [3.63, 3.8) is 0 Å². The molecule has 0 saturated carbocycles. The maximum atomic E-state index is 12.4. The molecular weight excluding hydrogens is 352 g/mol. The smallest absolute Gasteiger partial charge is 0.223 e. The summed E-state index contributed by atoms with van der Waals surface area (Å²) in [6.45, 7) is 0.949. The number of carbonyl (C=O) groups is 1. The van der Waals surface area contributed by atoms with Gasteiger partial charge in [-0.1, -0.05) is 12.1 Å². The molecular formula is C18H24N4O3S. The predicted molar refractivity (Wildman–Crippen MR) is 100 cm³/mol. The van der Waals surface area contributed by atoms with Gasteiger partial charge in [0.25, 0.3) is 0 Å². The number of hydrogen-bond donors (Lipinski definition) is 0. The summed E-state index contributed by atoms with van der Waals surface area (Å²) in [7, 11) is 0.725. The molecule has 26 heavy (non-hydrogen) atoms. The van der Waals surface area contributed by atoms with Crippen molar-refractivity contribution in [3.8, 4) is 0 Å². The molecule has 0 radical (unpaired) electrons. The molecule has 1 amide bonds. The molecule has 0 N–H and O–H groups in total. The van der Waals surface area contributed by atoms with Gasteiger partial charge in [-0.2, -0.15) is 0 Å². The molecule has 140 valence electrons. The van der Waals surface area contributed by atoms with Gasteiger partial charge < -0.3 is 9.80 Å². The van der Waals surface area contributed by atoms with Crippen LogP contribution in [-0.2, 0) is 21.2 Å². The van der Waals surface area contributed by atoms with E-state index in [2.05, 4.69) is 9.97 Å². The Morgan fingerprint density at radius 2 is 1.96 bits per heavy atom. The van der Waals surface area contributed by atoms with E-state index in [9.17, 15) is 13.2 Å². The minimum atomic E-state index is -2.91. The average molecular weight is 376 g/mol. The third-order valence-electron chi connectivity index (χ3n) is 4.83. The summed E-state index contributed by atoms with van der Waals surface area (Å²) in [5.74, 6) is 0.448. The Hall–Kier alpha value is -2.06. The van der Waals surface area contributed by atoms with Gasteiger partial charge in [0.05, 0.1) is 41.0 Å². The van der Waals surface area contributed by atoms with Crippen LogP contribution in [0.25, 0.3) is 11.0 Å². The molecule has 0 bridgehead atoms. The lowest BCUT2D eigenvalue weighted by molar-refractivity contribution is -0.130. The van der Waals surface area contributed by atoms with Crippen LogP contribution in [0.4, 0.5) is 0 Å². The summed E-state index contributed by atoms with van der Waals surface area (Å²) >= 11 is 0. The molecule has 3 rings (SSSR count). The zero-order valence-corrected chi connectivity index (χ0v) is 15.9. The molecule has 1 saturated heterocycles. The van der Waals surface area contributed by atoms with Crippen molar-refractivity contribution in [2.75, 3.05) is 32.1 Å². The van der Waals surface area contributed by atoms with E-state index in [4.69, 9.17) is 0 Å². The second-order valence-corrected chi connectivity index (χ2v) is 9.12. The van der Waals surface area contributed by atoms with Crippen LogP contribution in [-0.4, -0.2) is 72.3 Å². The minimum Gasteiger partial charge on any atom is -0.340 e. The van der Waals surface area contributed by atoms with Gasteiger partial charge in [-0.05, 0) is 25.6 Å². The first-order valence-corrected chi connectivity index (χ1v) is 10.5. The van der Waals surface area contributed by atoms with Crippen molar-refractivity contribution in [2.45, 2.75) is 25.4 Å². The lowest BCUT2D eigenvalue weighted by Crippen LogP contribution is -2.36. The fourth-order valence-corrected chi connectivity index (χ4v) is 4.98. The lowest BCUT2D eigenvalue weighted by Gasteiger charge is -2.24. The number of carbonyl (C=O) groups excluding carboxylic acids is 1. The van der Waals surface area contributed by atoms with E-state index < -0.39 is 9.84 Å². The summed E-state index contributed by atoms with van der Waals surface area (Å²) in [5.41, 5.74) is 2.39. The molecule has 2 heterocycles. The van der Waals surface area contributed by atoms with Crippen LogP contribution in [0, 0.1) is 0 Å². The van der Waals surface area contributed by atoms with E-state index in [1.807, 2.05) is 36.2 Å². The van der Waals surface area contributed by atoms with Crippen molar-refractivity contribution in [3.05, 3.63) is 36.2 Å². The molecule has 0 aliphatic carbocycles. The maximum Gasteiger partial charge on any atom is 0.223 e. The van der Waals surface area contributed by atoms with Gasteiger partial charge in [0.15, 0.2) is 9.84 Å². The second kappa shape index (κ2) is 7.67. The third kappa shape index (κ3) is 4.56.